The second-order valence-corrected chi connectivity index (χ2v) is 10.1. The molecule has 192 valence electrons. The summed E-state index contributed by atoms with van der Waals surface area (Å²) in [7, 11) is 1.89. The van der Waals surface area contributed by atoms with E-state index in [2.05, 4.69) is 67.0 Å². The number of piperidine rings is 1. The molecule has 2 fully saturated rings. The zero-order chi connectivity index (χ0) is 24.9. The number of nitrogens with zero attached hydrogens (tertiary/aromatic N) is 8. The zero-order valence-corrected chi connectivity index (χ0v) is 21.6. The number of aromatic nitrogens is 4. The van der Waals surface area contributed by atoms with Gasteiger partial charge in [0.25, 0.3) is 0 Å². The summed E-state index contributed by atoms with van der Waals surface area (Å²) < 4.78 is 1.77. The van der Waals surface area contributed by atoms with Gasteiger partial charge in [0.15, 0.2) is 5.65 Å². The summed E-state index contributed by atoms with van der Waals surface area (Å²) in [6, 6.07) is 11.1. The summed E-state index contributed by atoms with van der Waals surface area (Å²) in [4.78, 5) is 31.5. The van der Waals surface area contributed by atoms with E-state index in [0.717, 1.165) is 75.6 Å². The number of hydrogen-bond acceptors (Lipinski definition) is 7. The van der Waals surface area contributed by atoms with Crippen LogP contribution in [0.1, 0.15) is 31.7 Å². The van der Waals surface area contributed by atoms with Gasteiger partial charge >= 0.3 is 0 Å². The molecule has 9 nitrogen and oxygen atoms in total. The van der Waals surface area contributed by atoms with Crippen LogP contribution in [-0.4, -0.2) is 98.8 Å². The van der Waals surface area contributed by atoms with E-state index in [1.807, 2.05) is 18.1 Å². The Balaban J connectivity index is 1.17. The van der Waals surface area contributed by atoms with Crippen LogP contribution in [0, 0.1) is 0 Å². The molecule has 5 rings (SSSR count). The number of likely N-dealkylation sites (tertiary alicyclic amines) is 1. The number of aryl methyl sites for hydroxylation is 1. The molecule has 2 aliphatic heterocycles. The van der Waals surface area contributed by atoms with Gasteiger partial charge in [-0.1, -0.05) is 37.3 Å². The predicted octanol–water partition coefficient (Wildman–Crippen LogP) is 2.39. The Morgan fingerprint density at radius 1 is 1.08 bits per heavy atom. The van der Waals surface area contributed by atoms with E-state index in [1.54, 1.807) is 11.0 Å². The van der Waals surface area contributed by atoms with E-state index in [0.29, 0.717) is 12.6 Å². The third kappa shape index (κ3) is 5.52. The number of anilines is 1. The highest BCUT2D eigenvalue weighted by molar-refractivity contribution is 5.87. The molecule has 0 spiro atoms. The Bertz CT molecular complexity index is 1140. The molecular formula is C27H38N8O. The number of hydrogen-bond donors (Lipinski definition) is 0. The molecule has 2 aromatic heterocycles. The quantitative estimate of drug-likeness (QED) is 0.480. The molecule has 4 heterocycles. The second kappa shape index (κ2) is 11.3. The Morgan fingerprint density at radius 2 is 1.89 bits per heavy atom. The smallest absolute Gasteiger partial charge is 0.236 e. The van der Waals surface area contributed by atoms with Crippen LogP contribution in [-0.2, 0) is 18.4 Å². The van der Waals surface area contributed by atoms with Gasteiger partial charge in [-0.15, -0.1) is 0 Å². The molecule has 3 aromatic rings. The first-order valence-corrected chi connectivity index (χ1v) is 13.3. The van der Waals surface area contributed by atoms with Crippen LogP contribution in [0.5, 0.6) is 0 Å². The maximum Gasteiger partial charge on any atom is 0.236 e. The van der Waals surface area contributed by atoms with Crippen LogP contribution in [0.15, 0.2) is 42.9 Å². The van der Waals surface area contributed by atoms with E-state index >= 15 is 0 Å². The van der Waals surface area contributed by atoms with Crippen molar-refractivity contribution in [2.75, 3.05) is 57.3 Å². The van der Waals surface area contributed by atoms with Gasteiger partial charge in [0.05, 0.1) is 18.1 Å². The molecular weight excluding hydrogens is 452 g/mol. The number of carbonyl (C=O) groups is 1. The topological polar surface area (TPSA) is 73.6 Å². The average Bonchev–Trinajstić information content (AvgIpc) is 3.30. The molecule has 36 heavy (non-hydrogen) atoms. The van der Waals surface area contributed by atoms with Crippen LogP contribution < -0.4 is 4.90 Å². The fourth-order valence-corrected chi connectivity index (χ4v) is 5.64. The van der Waals surface area contributed by atoms with E-state index < -0.39 is 0 Å². The molecule has 0 aliphatic carbocycles. The van der Waals surface area contributed by atoms with E-state index in [9.17, 15) is 4.79 Å². The standard InChI is InChI=1S/C27H38N8O/c1-3-11-35(23-10-7-12-32(19-23)18-22-8-5-4-6-9-22)20-25(36)33-13-15-34(16-14-33)27-24-17-30-31(2)26(24)28-21-29-27/h4-6,8-9,17,21,23H,3,7,10-16,18-20H2,1-2H3. The van der Waals surface area contributed by atoms with Gasteiger partial charge in [-0.25, -0.2) is 9.97 Å². The minimum atomic E-state index is 0.248. The lowest BCUT2D eigenvalue weighted by Gasteiger charge is -2.41. The molecule has 2 saturated heterocycles. The minimum Gasteiger partial charge on any atom is -0.352 e. The van der Waals surface area contributed by atoms with Gasteiger partial charge < -0.3 is 9.80 Å². The van der Waals surface area contributed by atoms with Crippen LogP contribution in [0.2, 0.25) is 0 Å². The van der Waals surface area contributed by atoms with Crippen molar-refractivity contribution >= 4 is 22.8 Å². The molecule has 2 aliphatic rings. The fraction of sp³-hybridized carbons (Fsp3) is 0.556. The highest BCUT2D eigenvalue weighted by Gasteiger charge is 2.29. The highest BCUT2D eigenvalue weighted by atomic mass is 16.2. The summed E-state index contributed by atoms with van der Waals surface area (Å²) in [5.41, 5.74) is 2.20. The van der Waals surface area contributed by atoms with Gasteiger partial charge in [0.2, 0.25) is 5.91 Å². The summed E-state index contributed by atoms with van der Waals surface area (Å²) in [6.07, 6.45) is 6.85. The highest BCUT2D eigenvalue weighted by Crippen LogP contribution is 2.24. The van der Waals surface area contributed by atoms with Gasteiger partial charge in [-0.2, -0.15) is 5.10 Å². The van der Waals surface area contributed by atoms with E-state index in [1.165, 1.54) is 18.4 Å². The third-order valence-corrected chi connectivity index (χ3v) is 7.54. The Labute approximate surface area is 213 Å². The average molecular weight is 491 g/mol. The molecule has 0 radical (unpaired) electrons. The predicted molar refractivity (Wildman–Crippen MR) is 142 cm³/mol. The van der Waals surface area contributed by atoms with Crippen molar-refractivity contribution in [3.63, 3.8) is 0 Å². The lowest BCUT2D eigenvalue weighted by Crippen LogP contribution is -2.54. The van der Waals surface area contributed by atoms with Gasteiger partial charge in [0, 0.05) is 52.4 Å². The van der Waals surface area contributed by atoms with Crippen molar-refractivity contribution < 1.29 is 4.79 Å². The molecule has 0 bridgehead atoms. The molecule has 0 saturated carbocycles. The SMILES string of the molecule is CCCN(CC(=O)N1CCN(c2ncnc3c2cnn3C)CC1)C1CCCN(Cc2ccccc2)C1. The van der Waals surface area contributed by atoms with Crippen LogP contribution in [0.25, 0.3) is 11.0 Å². The van der Waals surface area contributed by atoms with Gasteiger partial charge in [-0.3, -0.25) is 19.3 Å². The first-order chi connectivity index (χ1) is 17.6. The van der Waals surface area contributed by atoms with Crippen molar-refractivity contribution in [1.29, 1.82) is 0 Å². The van der Waals surface area contributed by atoms with E-state index in [-0.39, 0.29) is 5.91 Å². The van der Waals surface area contributed by atoms with E-state index in [4.69, 9.17) is 0 Å². The van der Waals surface area contributed by atoms with Crippen LogP contribution in [0.4, 0.5) is 5.82 Å². The van der Waals surface area contributed by atoms with Gasteiger partial charge in [-0.05, 0) is 37.9 Å². The summed E-state index contributed by atoms with van der Waals surface area (Å²) in [6.45, 7) is 9.82. The second-order valence-electron chi connectivity index (χ2n) is 10.1. The van der Waals surface area contributed by atoms with Crippen molar-refractivity contribution in [1.82, 2.24) is 34.4 Å². The normalized spacial score (nSPS) is 19.4. The molecule has 1 amide bonds. The summed E-state index contributed by atoms with van der Waals surface area (Å²) in [5.74, 6) is 1.16. The number of benzene rings is 1. The van der Waals surface area contributed by atoms with Crippen molar-refractivity contribution in [2.45, 2.75) is 38.8 Å². The largest absolute Gasteiger partial charge is 0.352 e. The van der Waals surface area contributed by atoms with Crippen molar-refractivity contribution in [2.24, 2.45) is 7.05 Å². The Hall–Kier alpha value is -3.04. The van der Waals surface area contributed by atoms with Crippen molar-refractivity contribution in [3.8, 4) is 0 Å². The Kier molecular flexibility index (Phi) is 7.77. The minimum absolute atomic E-state index is 0.248. The summed E-state index contributed by atoms with van der Waals surface area (Å²) in [5, 5.41) is 5.30. The van der Waals surface area contributed by atoms with Crippen LogP contribution >= 0.6 is 0 Å². The number of amides is 1. The fourth-order valence-electron chi connectivity index (χ4n) is 5.64. The number of fused-ring (bicyclic) bond motifs is 1. The monoisotopic (exact) mass is 490 g/mol. The number of rotatable bonds is 8. The first kappa shape index (κ1) is 24.6. The number of carbonyl (C=O) groups excluding carboxylic acids is 1. The maximum absolute atomic E-state index is 13.4. The lowest BCUT2D eigenvalue weighted by atomic mass is 10.0. The lowest BCUT2D eigenvalue weighted by molar-refractivity contribution is -0.133. The molecule has 9 heteroatoms. The number of piperazine rings is 1. The maximum atomic E-state index is 13.4. The summed E-state index contributed by atoms with van der Waals surface area (Å²) >= 11 is 0. The third-order valence-electron chi connectivity index (χ3n) is 7.54. The molecule has 1 aromatic carbocycles. The van der Waals surface area contributed by atoms with Crippen molar-refractivity contribution in [3.05, 3.63) is 48.4 Å². The molecule has 1 atom stereocenters. The van der Waals surface area contributed by atoms with Crippen LogP contribution in [0.3, 0.4) is 0 Å². The Morgan fingerprint density at radius 3 is 2.67 bits per heavy atom. The van der Waals surface area contributed by atoms with Gasteiger partial charge in [0.1, 0.15) is 12.1 Å². The zero-order valence-electron chi connectivity index (χ0n) is 21.6. The first-order valence-electron chi connectivity index (χ1n) is 13.3. The molecule has 1 unspecified atom stereocenters. The molecule has 0 N–H and O–H groups in total.